The van der Waals surface area contributed by atoms with Gasteiger partial charge in [-0.25, -0.2) is 12.8 Å². The summed E-state index contributed by atoms with van der Waals surface area (Å²) in [6.45, 7) is 4.11. The lowest BCUT2D eigenvalue weighted by atomic mass is 10.1. The van der Waals surface area contributed by atoms with Gasteiger partial charge in [0, 0.05) is 31.5 Å². The Kier molecular flexibility index (Phi) is 10.0. The van der Waals surface area contributed by atoms with Crippen LogP contribution in [0.3, 0.4) is 0 Å². The van der Waals surface area contributed by atoms with Crippen LogP contribution < -0.4 is 14.8 Å². The Morgan fingerprint density at radius 1 is 1.18 bits per heavy atom. The summed E-state index contributed by atoms with van der Waals surface area (Å²) in [6.07, 6.45) is 2.61. The third-order valence-electron chi connectivity index (χ3n) is 6.10. The zero-order chi connectivity index (χ0) is 28.6. The smallest absolute Gasteiger partial charge is 0.323 e. The molecule has 0 radical (unpaired) electrons. The number of carbonyl (C=O) groups is 1. The number of piperidine rings is 1. The van der Waals surface area contributed by atoms with Gasteiger partial charge in [-0.1, -0.05) is 18.2 Å². The lowest BCUT2D eigenvalue weighted by Gasteiger charge is -2.33. The van der Waals surface area contributed by atoms with Gasteiger partial charge in [0.15, 0.2) is 5.75 Å². The predicted octanol–water partition coefficient (Wildman–Crippen LogP) is 3.52. The van der Waals surface area contributed by atoms with E-state index >= 15 is 4.39 Å². The molecule has 2 aromatic rings. The number of rotatable bonds is 11. The van der Waals surface area contributed by atoms with Crippen molar-refractivity contribution in [2.24, 2.45) is 5.73 Å². The van der Waals surface area contributed by atoms with E-state index in [0.29, 0.717) is 22.7 Å². The molecule has 0 amide bonds. The molecule has 2 aromatic carbocycles. The summed E-state index contributed by atoms with van der Waals surface area (Å²) in [5, 5.41) is 15.3. The van der Waals surface area contributed by atoms with Crippen molar-refractivity contribution in [2.75, 3.05) is 36.3 Å². The summed E-state index contributed by atoms with van der Waals surface area (Å²) in [4.78, 5) is 14.0. The molecule has 0 aliphatic carbocycles. The third-order valence-corrected chi connectivity index (χ3v) is 7.71. The van der Waals surface area contributed by atoms with E-state index in [1.807, 2.05) is 4.90 Å². The van der Waals surface area contributed by atoms with Gasteiger partial charge in [0.25, 0.3) is 0 Å². The standard InChI is InChI=1S/C27H34FN5O5S/c1-3-37-26(34)18-39(35,36)33(17-22(28)16-20-5-4-6-21(15-20)27(30)31)23-7-9-24(10-8-23)38-25-11-13-32(14-12-25)19(2)29/h4-10,15-16,25,29H,3,11-14,17-18H2,1-2H3,(H3,30,31). The minimum Gasteiger partial charge on any atom is -0.490 e. The molecule has 4 N–H and O–H groups in total. The number of carbonyl (C=O) groups excluding carboxylic acids is 1. The maximum Gasteiger partial charge on any atom is 0.323 e. The van der Waals surface area contributed by atoms with Gasteiger partial charge in [0.05, 0.1) is 24.7 Å². The van der Waals surface area contributed by atoms with Crippen LogP contribution in [-0.4, -0.2) is 69.1 Å². The average molecular weight is 560 g/mol. The van der Waals surface area contributed by atoms with Crippen molar-refractivity contribution < 1.29 is 27.1 Å². The first-order valence-corrected chi connectivity index (χ1v) is 14.1. The molecular weight excluding hydrogens is 525 g/mol. The molecule has 1 heterocycles. The highest BCUT2D eigenvalue weighted by molar-refractivity contribution is 7.93. The van der Waals surface area contributed by atoms with Gasteiger partial charge < -0.3 is 20.1 Å². The highest BCUT2D eigenvalue weighted by Crippen LogP contribution is 2.26. The lowest BCUT2D eigenvalue weighted by Crippen LogP contribution is -2.40. The number of nitrogen functional groups attached to an aromatic ring is 1. The number of esters is 1. The molecule has 0 aromatic heterocycles. The Morgan fingerprint density at radius 3 is 2.44 bits per heavy atom. The molecule has 0 atom stereocenters. The van der Waals surface area contributed by atoms with Crippen molar-refractivity contribution >= 4 is 39.4 Å². The summed E-state index contributed by atoms with van der Waals surface area (Å²) >= 11 is 0. The molecule has 10 nitrogen and oxygen atoms in total. The van der Waals surface area contributed by atoms with E-state index in [1.165, 1.54) is 18.2 Å². The van der Waals surface area contributed by atoms with Gasteiger partial charge in [0.1, 0.15) is 23.5 Å². The number of amidine groups is 2. The Labute approximate surface area is 228 Å². The summed E-state index contributed by atoms with van der Waals surface area (Å²) in [5.74, 6) is -1.79. The van der Waals surface area contributed by atoms with Crippen LogP contribution in [0.1, 0.15) is 37.8 Å². The number of ether oxygens (including phenoxy) is 2. The van der Waals surface area contributed by atoms with Crippen LogP contribution in [-0.2, 0) is 19.6 Å². The number of sulfonamides is 1. The second-order valence-corrected chi connectivity index (χ2v) is 11.0. The van der Waals surface area contributed by atoms with E-state index in [4.69, 9.17) is 26.0 Å². The van der Waals surface area contributed by atoms with E-state index in [0.717, 1.165) is 36.3 Å². The number of benzene rings is 2. The Balaban J connectivity index is 1.81. The van der Waals surface area contributed by atoms with Crippen molar-refractivity contribution in [2.45, 2.75) is 32.8 Å². The van der Waals surface area contributed by atoms with E-state index in [-0.39, 0.29) is 24.2 Å². The summed E-state index contributed by atoms with van der Waals surface area (Å²) in [7, 11) is -4.30. The fourth-order valence-corrected chi connectivity index (χ4v) is 5.43. The number of hydrogen-bond donors (Lipinski definition) is 3. The molecule has 210 valence electrons. The quantitative estimate of drug-likeness (QED) is 0.217. The monoisotopic (exact) mass is 559 g/mol. The van der Waals surface area contributed by atoms with Crippen LogP contribution in [0.2, 0.25) is 0 Å². The molecule has 0 spiro atoms. The SMILES string of the molecule is CCOC(=O)CS(=O)(=O)N(CC(F)=Cc1cccc(C(=N)N)c1)c1ccc(OC2CCN(C(C)=N)CC2)cc1. The largest absolute Gasteiger partial charge is 0.490 e. The number of hydrogen-bond acceptors (Lipinski definition) is 7. The van der Waals surface area contributed by atoms with Crippen LogP contribution >= 0.6 is 0 Å². The maximum absolute atomic E-state index is 15.2. The van der Waals surface area contributed by atoms with E-state index in [9.17, 15) is 13.2 Å². The molecule has 0 saturated carbocycles. The second-order valence-electron chi connectivity index (χ2n) is 9.08. The van der Waals surface area contributed by atoms with Crippen molar-refractivity contribution in [1.82, 2.24) is 4.90 Å². The van der Waals surface area contributed by atoms with Gasteiger partial charge in [-0.15, -0.1) is 0 Å². The van der Waals surface area contributed by atoms with Crippen LogP contribution in [0, 0.1) is 10.8 Å². The highest BCUT2D eigenvalue weighted by atomic mass is 32.2. The molecule has 39 heavy (non-hydrogen) atoms. The number of nitrogens with two attached hydrogens (primary N) is 1. The van der Waals surface area contributed by atoms with Crippen LogP contribution in [0.4, 0.5) is 10.1 Å². The molecular formula is C27H34FN5O5S. The second kappa shape index (κ2) is 13.2. The van der Waals surface area contributed by atoms with Crippen molar-refractivity contribution in [3.05, 3.63) is 65.5 Å². The van der Waals surface area contributed by atoms with Crippen LogP contribution in [0.15, 0.2) is 54.4 Å². The van der Waals surface area contributed by atoms with Gasteiger partial charge in [0.2, 0.25) is 10.0 Å². The normalized spacial score (nSPS) is 14.5. The molecule has 0 bridgehead atoms. The molecule has 0 unspecified atom stereocenters. The summed E-state index contributed by atoms with van der Waals surface area (Å²) in [6, 6.07) is 12.5. The number of likely N-dealkylation sites (tertiary alicyclic amines) is 1. The Hall–Kier alpha value is -3.93. The number of nitrogens with one attached hydrogen (secondary N) is 2. The molecule has 1 aliphatic heterocycles. The van der Waals surface area contributed by atoms with Crippen molar-refractivity contribution in [3.8, 4) is 5.75 Å². The minimum atomic E-state index is -4.30. The van der Waals surface area contributed by atoms with Gasteiger partial charge in [-0.3, -0.25) is 19.9 Å². The maximum atomic E-state index is 15.2. The summed E-state index contributed by atoms with van der Waals surface area (Å²) in [5.41, 5.74) is 6.46. The lowest BCUT2D eigenvalue weighted by molar-refractivity contribution is -0.139. The zero-order valence-electron chi connectivity index (χ0n) is 22.0. The molecule has 1 aliphatic rings. The summed E-state index contributed by atoms with van der Waals surface area (Å²) < 4.78 is 53.2. The fourth-order valence-electron chi connectivity index (χ4n) is 4.13. The Bertz CT molecular complexity index is 1320. The van der Waals surface area contributed by atoms with E-state index in [2.05, 4.69) is 0 Å². The van der Waals surface area contributed by atoms with Crippen molar-refractivity contribution in [1.29, 1.82) is 10.8 Å². The average Bonchev–Trinajstić information content (AvgIpc) is 2.88. The number of nitrogens with zero attached hydrogens (tertiary/aromatic N) is 2. The van der Waals surface area contributed by atoms with Crippen LogP contribution in [0.5, 0.6) is 5.75 Å². The van der Waals surface area contributed by atoms with Gasteiger partial charge in [-0.2, -0.15) is 0 Å². The minimum absolute atomic E-state index is 0.0134. The first kappa shape index (κ1) is 29.6. The van der Waals surface area contributed by atoms with Crippen molar-refractivity contribution in [3.63, 3.8) is 0 Å². The molecule has 12 heteroatoms. The predicted molar refractivity (Wildman–Crippen MR) is 149 cm³/mol. The molecule has 3 rings (SSSR count). The zero-order valence-corrected chi connectivity index (χ0v) is 22.8. The first-order chi connectivity index (χ1) is 18.5. The molecule has 1 saturated heterocycles. The van der Waals surface area contributed by atoms with E-state index in [1.54, 1.807) is 44.2 Å². The molecule has 1 fully saturated rings. The third kappa shape index (κ3) is 8.54. The van der Waals surface area contributed by atoms with Gasteiger partial charge in [-0.05, 0) is 55.8 Å². The Morgan fingerprint density at radius 2 is 1.85 bits per heavy atom. The van der Waals surface area contributed by atoms with E-state index < -0.39 is 34.1 Å². The number of anilines is 1. The number of halogens is 1. The first-order valence-electron chi connectivity index (χ1n) is 12.5. The van der Waals surface area contributed by atoms with Gasteiger partial charge >= 0.3 is 5.97 Å². The fraction of sp³-hybridized carbons (Fsp3) is 0.370. The highest BCUT2D eigenvalue weighted by Gasteiger charge is 2.28. The topological polar surface area (TPSA) is 150 Å². The van der Waals surface area contributed by atoms with Crippen LogP contribution in [0.25, 0.3) is 6.08 Å².